The number of aryl methyl sites for hydroxylation is 1. The molecule has 15 heavy (non-hydrogen) atoms. The highest BCUT2D eigenvalue weighted by Gasteiger charge is 2.24. The first-order valence-corrected chi connectivity index (χ1v) is 6.67. The average molecular weight is 220 g/mol. The molecule has 0 aliphatic carbocycles. The second-order valence-electron chi connectivity index (χ2n) is 3.98. The van der Waals surface area contributed by atoms with Crippen LogP contribution in [0.1, 0.15) is 29.3 Å². The normalized spacial score (nSPS) is 20.5. The van der Waals surface area contributed by atoms with Gasteiger partial charge in [-0.3, -0.25) is 4.79 Å². The molecule has 1 heterocycles. The van der Waals surface area contributed by atoms with Crippen LogP contribution in [0.2, 0.25) is 0 Å². The molecule has 0 bridgehead atoms. The van der Waals surface area contributed by atoms with Crippen LogP contribution >= 0.6 is 11.8 Å². The van der Waals surface area contributed by atoms with Gasteiger partial charge in [0, 0.05) is 17.2 Å². The predicted molar refractivity (Wildman–Crippen MR) is 65.6 cm³/mol. The fourth-order valence-corrected chi connectivity index (χ4v) is 3.14. The van der Waals surface area contributed by atoms with Crippen molar-refractivity contribution in [3.8, 4) is 0 Å². The predicted octanol–water partition coefficient (Wildman–Crippen LogP) is 3.18. The number of rotatable bonds is 3. The third kappa shape index (κ3) is 2.43. The third-order valence-corrected chi connectivity index (χ3v) is 4.08. The van der Waals surface area contributed by atoms with Gasteiger partial charge in [0.2, 0.25) is 0 Å². The maximum atomic E-state index is 12.1. The summed E-state index contributed by atoms with van der Waals surface area (Å²) in [6, 6.07) is 8.07. The van der Waals surface area contributed by atoms with Gasteiger partial charge in [-0.05, 0) is 30.2 Å². The first kappa shape index (κ1) is 10.7. The summed E-state index contributed by atoms with van der Waals surface area (Å²) >= 11 is 1.89. The van der Waals surface area contributed by atoms with Crippen LogP contribution in [0.15, 0.2) is 24.3 Å². The van der Waals surface area contributed by atoms with Crippen molar-refractivity contribution < 1.29 is 4.79 Å². The Labute approximate surface area is 95.3 Å². The van der Waals surface area contributed by atoms with Crippen molar-refractivity contribution in [3.05, 3.63) is 35.4 Å². The number of hydrogen-bond donors (Lipinski definition) is 0. The van der Waals surface area contributed by atoms with Gasteiger partial charge in [0.1, 0.15) is 0 Å². The van der Waals surface area contributed by atoms with E-state index in [1.807, 2.05) is 30.0 Å². The Hall–Kier alpha value is -0.760. The van der Waals surface area contributed by atoms with Gasteiger partial charge < -0.3 is 0 Å². The van der Waals surface area contributed by atoms with Crippen LogP contribution in [0.25, 0.3) is 0 Å². The topological polar surface area (TPSA) is 17.1 Å². The SMILES string of the molecule is CCc1cccc(C(=O)C2CCSC2)c1. The van der Waals surface area contributed by atoms with Crippen LogP contribution in [-0.2, 0) is 6.42 Å². The van der Waals surface area contributed by atoms with Gasteiger partial charge in [0.15, 0.2) is 5.78 Å². The number of hydrogen-bond acceptors (Lipinski definition) is 2. The Morgan fingerprint density at radius 1 is 1.53 bits per heavy atom. The van der Waals surface area contributed by atoms with Crippen molar-refractivity contribution in [2.75, 3.05) is 11.5 Å². The zero-order valence-electron chi connectivity index (χ0n) is 9.03. The van der Waals surface area contributed by atoms with Gasteiger partial charge in [-0.1, -0.05) is 25.1 Å². The van der Waals surface area contributed by atoms with Crippen LogP contribution in [0.5, 0.6) is 0 Å². The smallest absolute Gasteiger partial charge is 0.166 e. The summed E-state index contributed by atoms with van der Waals surface area (Å²) in [6.07, 6.45) is 2.06. The van der Waals surface area contributed by atoms with Gasteiger partial charge in [-0.15, -0.1) is 0 Å². The van der Waals surface area contributed by atoms with Crippen LogP contribution in [-0.4, -0.2) is 17.3 Å². The molecule has 0 N–H and O–H groups in total. The van der Waals surface area contributed by atoms with E-state index in [0.717, 1.165) is 29.9 Å². The van der Waals surface area contributed by atoms with Crippen LogP contribution < -0.4 is 0 Å². The van der Waals surface area contributed by atoms with Crippen molar-refractivity contribution in [3.63, 3.8) is 0 Å². The number of carbonyl (C=O) groups is 1. The van der Waals surface area contributed by atoms with Crippen molar-refractivity contribution >= 4 is 17.5 Å². The molecule has 0 amide bonds. The highest BCUT2D eigenvalue weighted by atomic mass is 32.2. The molecule has 2 heteroatoms. The summed E-state index contributed by atoms with van der Waals surface area (Å²) in [5.74, 6) is 2.76. The first-order valence-electron chi connectivity index (χ1n) is 5.52. The lowest BCUT2D eigenvalue weighted by Crippen LogP contribution is -2.13. The average Bonchev–Trinajstić information content (AvgIpc) is 2.81. The molecule has 1 aliphatic heterocycles. The van der Waals surface area contributed by atoms with Crippen LogP contribution in [0.3, 0.4) is 0 Å². The van der Waals surface area contributed by atoms with Crippen molar-refractivity contribution in [1.82, 2.24) is 0 Å². The molecule has 1 aliphatic rings. The quantitative estimate of drug-likeness (QED) is 0.728. The minimum Gasteiger partial charge on any atom is -0.294 e. The molecule has 1 atom stereocenters. The zero-order valence-corrected chi connectivity index (χ0v) is 9.85. The van der Waals surface area contributed by atoms with Gasteiger partial charge in [0.25, 0.3) is 0 Å². The number of carbonyl (C=O) groups excluding carboxylic acids is 1. The molecule has 0 saturated carbocycles. The fraction of sp³-hybridized carbons (Fsp3) is 0.462. The largest absolute Gasteiger partial charge is 0.294 e. The Morgan fingerprint density at radius 2 is 2.40 bits per heavy atom. The second-order valence-corrected chi connectivity index (χ2v) is 5.13. The van der Waals surface area contributed by atoms with Gasteiger partial charge in [-0.2, -0.15) is 11.8 Å². The Morgan fingerprint density at radius 3 is 3.07 bits per heavy atom. The Kier molecular flexibility index (Phi) is 3.47. The molecule has 1 unspecified atom stereocenters. The lowest BCUT2D eigenvalue weighted by atomic mass is 9.95. The van der Waals surface area contributed by atoms with E-state index in [-0.39, 0.29) is 5.92 Å². The number of ketones is 1. The van der Waals surface area contributed by atoms with Crippen molar-refractivity contribution in [2.45, 2.75) is 19.8 Å². The lowest BCUT2D eigenvalue weighted by molar-refractivity contribution is 0.0933. The van der Waals surface area contributed by atoms with Gasteiger partial charge in [0.05, 0.1) is 0 Å². The monoisotopic (exact) mass is 220 g/mol. The molecular formula is C13H16OS. The molecule has 0 spiro atoms. The van der Waals surface area contributed by atoms with E-state index >= 15 is 0 Å². The number of thioether (sulfide) groups is 1. The minimum atomic E-state index is 0.266. The van der Waals surface area contributed by atoms with E-state index in [1.165, 1.54) is 5.56 Å². The molecule has 2 rings (SSSR count). The highest BCUT2D eigenvalue weighted by Crippen LogP contribution is 2.26. The lowest BCUT2D eigenvalue weighted by Gasteiger charge is -2.08. The second kappa shape index (κ2) is 4.84. The minimum absolute atomic E-state index is 0.266. The first-order chi connectivity index (χ1) is 7.31. The summed E-state index contributed by atoms with van der Waals surface area (Å²) in [4.78, 5) is 12.1. The molecule has 1 aromatic rings. The van der Waals surface area contributed by atoms with Crippen LogP contribution in [0.4, 0.5) is 0 Å². The highest BCUT2D eigenvalue weighted by molar-refractivity contribution is 7.99. The molecule has 1 aromatic carbocycles. The maximum Gasteiger partial charge on any atom is 0.166 e. The van der Waals surface area contributed by atoms with E-state index < -0.39 is 0 Å². The molecule has 1 saturated heterocycles. The molecule has 0 radical (unpaired) electrons. The van der Waals surface area contributed by atoms with Gasteiger partial charge >= 0.3 is 0 Å². The summed E-state index contributed by atoms with van der Waals surface area (Å²) in [5, 5.41) is 0. The number of benzene rings is 1. The van der Waals surface area contributed by atoms with E-state index in [9.17, 15) is 4.79 Å². The zero-order chi connectivity index (χ0) is 10.7. The Bertz CT molecular complexity index is 353. The molecular weight excluding hydrogens is 204 g/mol. The number of Topliss-reactive ketones (excluding diaryl/α,β-unsaturated/α-hetero) is 1. The van der Waals surface area contributed by atoms with Gasteiger partial charge in [-0.25, -0.2) is 0 Å². The van der Waals surface area contributed by atoms with E-state index in [4.69, 9.17) is 0 Å². The third-order valence-electron chi connectivity index (χ3n) is 2.92. The molecule has 1 nitrogen and oxygen atoms in total. The maximum absolute atomic E-state index is 12.1. The summed E-state index contributed by atoms with van der Waals surface area (Å²) < 4.78 is 0. The molecule has 80 valence electrons. The fourth-order valence-electron chi connectivity index (χ4n) is 1.92. The summed E-state index contributed by atoms with van der Waals surface area (Å²) in [5.41, 5.74) is 2.16. The summed E-state index contributed by atoms with van der Waals surface area (Å²) in [6.45, 7) is 2.12. The Balaban J connectivity index is 2.17. The van der Waals surface area contributed by atoms with Crippen molar-refractivity contribution in [1.29, 1.82) is 0 Å². The van der Waals surface area contributed by atoms with Crippen LogP contribution in [0, 0.1) is 5.92 Å². The van der Waals surface area contributed by atoms with E-state index in [2.05, 4.69) is 13.0 Å². The van der Waals surface area contributed by atoms with E-state index in [0.29, 0.717) is 5.78 Å². The van der Waals surface area contributed by atoms with Crippen molar-refractivity contribution in [2.24, 2.45) is 5.92 Å². The standard InChI is InChI=1S/C13H16OS/c1-2-10-4-3-5-11(8-10)13(14)12-6-7-15-9-12/h3-5,8,12H,2,6-7,9H2,1H3. The molecule has 0 aromatic heterocycles. The summed E-state index contributed by atoms with van der Waals surface area (Å²) in [7, 11) is 0. The van der Waals surface area contributed by atoms with E-state index in [1.54, 1.807) is 0 Å². The molecule has 1 fully saturated rings.